The molecule has 8 heteroatoms. The zero-order chi connectivity index (χ0) is 17.9. The van der Waals surface area contributed by atoms with Crippen LogP contribution in [0.4, 0.5) is 0 Å². The van der Waals surface area contributed by atoms with E-state index in [2.05, 4.69) is 21.5 Å². The standard InChI is InChI=1S/C19H17Cl2N3OS.ClH/c20-14-4-1-13(2-5-14)19-23-17(25-24-19)11-26-18-15-8-10-22-9-7-12(15)3-6-16(18)21;/h1-6,22H,7-11H2;1H. The number of aromatic nitrogens is 2. The van der Waals surface area contributed by atoms with Gasteiger partial charge < -0.3 is 9.84 Å². The fourth-order valence-corrected chi connectivity index (χ4v) is 4.49. The minimum absolute atomic E-state index is 0. The van der Waals surface area contributed by atoms with Crippen molar-refractivity contribution in [1.82, 2.24) is 15.5 Å². The van der Waals surface area contributed by atoms with Crippen molar-refractivity contribution in [2.24, 2.45) is 0 Å². The predicted molar refractivity (Wildman–Crippen MR) is 113 cm³/mol. The maximum Gasteiger partial charge on any atom is 0.237 e. The molecule has 0 fully saturated rings. The average molecular weight is 443 g/mol. The summed E-state index contributed by atoms with van der Waals surface area (Å²) in [5, 5.41) is 8.97. The van der Waals surface area contributed by atoms with Crippen LogP contribution in [-0.2, 0) is 18.6 Å². The van der Waals surface area contributed by atoms with Crippen LogP contribution >= 0.6 is 47.4 Å². The molecular weight excluding hydrogens is 425 g/mol. The van der Waals surface area contributed by atoms with Crippen LogP contribution in [0, 0.1) is 0 Å². The maximum atomic E-state index is 6.48. The molecule has 0 atom stereocenters. The number of hydrogen-bond acceptors (Lipinski definition) is 5. The minimum atomic E-state index is 0. The van der Waals surface area contributed by atoms with Crippen LogP contribution in [0.5, 0.6) is 0 Å². The first-order valence-corrected chi connectivity index (χ1v) is 10.2. The summed E-state index contributed by atoms with van der Waals surface area (Å²) in [6, 6.07) is 11.5. The first-order chi connectivity index (χ1) is 12.7. The molecule has 0 saturated heterocycles. The van der Waals surface area contributed by atoms with E-state index in [0.29, 0.717) is 22.5 Å². The molecule has 3 aromatic rings. The number of benzene rings is 2. The third kappa shape index (κ3) is 4.79. The Morgan fingerprint density at radius 3 is 2.63 bits per heavy atom. The highest BCUT2D eigenvalue weighted by Crippen LogP contribution is 2.36. The van der Waals surface area contributed by atoms with E-state index in [1.807, 2.05) is 30.3 Å². The number of nitrogens with one attached hydrogen (secondary N) is 1. The number of nitrogens with zero attached hydrogens (tertiary/aromatic N) is 2. The quantitative estimate of drug-likeness (QED) is 0.545. The van der Waals surface area contributed by atoms with Crippen LogP contribution in [0.25, 0.3) is 11.4 Å². The van der Waals surface area contributed by atoms with Gasteiger partial charge in [0.1, 0.15) is 0 Å². The van der Waals surface area contributed by atoms with Gasteiger partial charge in [-0.2, -0.15) is 4.98 Å². The van der Waals surface area contributed by atoms with Gasteiger partial charge in [0.2, 0.25) is 11.7 Å². The smallest absolute Gasteiger partial charge is 0.237 e. The summed E-state index contributed by atoms with van der Waals surface area (Å²) in [7, 11) is 0. The van der Waals surface area contributed by atoms with E-state index in [9.17, 15) is 0 Å². The van der Waals surface area contributed by atoms with Gasteiger partial charge in [0.25, 0.3) is 0 Å². The van der Waals surface area contributed by atoms with E-state index in [1.165, 1.54) is 11.1 Å². The number of thioether (sulfide) groups is 1. The van der Waals surface area contributed by atoms with Crippen molar-refractivity contribution in [3.05, 3.63) is 63.5 Å². The molecule has 1 aliphatic rings. The van der Waals surface area contributed by atoms with Gasteiger partial charge in [-0.1, -0.05) is 34.4 Å². The van der Waals surface area contributed by atoms with Crippen molar-refractivity contribution < 1.29 is 4.52 Å². The lowest BCUT2D eigenvalue weighted by Crippen LogP contribution is -2.16. The lowest BCUT2D eigenvalue weighted by Gasteiger charge is -2.12. The SMILES string of the molecule is Cl.Clc1ccc(-c2noc(CSc3c(Cl)ccc4c3CCNCC4)n2)cc1. The molecule has 1 aliphatic heterocycles. The van der Waals surface area contributed by atoms with Crippen LogP contribution < -0.4 is 5.32 Å². The molecule has 142 valence electrons. The highest BCUT2D eigenvalue weighted by molar-refractivity contribution is 7.98. The predicted octanol–water partition coefficient (Wildman–Crippen LogP) is 5.45. The second-order valence-corrected chi connectivity index (χ2v) is 7.90. The summed E-state index contributed by atoms with van der Waals surface area (Å²) in [6.45, 7) is 1.98. The second-order valence-electron chi connectivity index (χ2n) is 6.07. The van der Waals surface area contributed by atoms with Crippen molar-refractivity contribution >= 4 is 47.4 Å². The fraction of sp³-hybridized carbons (Fsp3) is 0.263. The Hall–Kier alpha value is -1.24. The Morgan fingerprint density at radius 1 is 1.04 bits per heavy atom. The van der Waals surface area contributed by atoms with Crippen LogP contribution in [0.3, 0.4) is 0 Å². The Bertz CT molecular complexity index is 915. The summed E-state index contributed by atoms with van der Waals surface area (Å²) in [4.78, 5) is 5.61. The zero-order valence-corrected chi connectivity index (χ0v) is 17.5. The number of halogens is 3. The molecule has 0 radical (unpaired) electrons. The first kappa shape index (κ1) is 20.5. The molecule has 2 heterocycles. The maximum absolute atomic E-state index is 6.48. The third-order valence-corrected chi connectivity index (χ3v) is 6.17. The van der Waals surface area contributed by atoms with Crippen LogP contribution in [-0.4, -0.2) is 23.2 Å². The summed E-state index contributed by atoms with van der Waals surface area (Å²) in [5.41, 5.74) is 3.59. The highest BCUT2D eigenvalue weighted by atomic mass is 35.5. The molecule has 0 bridgehead atoms. The van der Waals surface area contributed by atoms with Gasteiger partial charge in [-0.15, -0.1) is 24.2 Å². The molecule has 1 aromatic heterocycles. The summed E-state index contributed by atoms with van der Waals surface area (Å²) >= 11 is 14.1. The molecular formula is C19H18Cl3N3OS. The van der Waals surface area contributed by atoms with Crippen molar-refractivity contribution in [1.29, 1.82) is 0 Å². The van der Waals surface area contributed by atoms with E-state index in [0.717, 1.165) is 41.4 Å². The van der Waals surface area contributed by atoms with Gasteiger partial charge in [0.05, 0.1) is 10.8 Å². The van der Waals surface area contributed by atoms with E-state index in [-0.39, 0.29) is 12.4 Å². The fourth-order valence-electron chi connectivity index (χ4n) is 3.03. The van der Waals surface area contributed by atoms with E-state index >= 15 is 0 Å². The molecule has 0 saturated carbocycles. The van der Waals surface area contributed by atoms with Gasteiger partial charge in [0.15, 0.2) is 0 Å². The summed E-state index contributed by atoms with van der Waals surface area (Å²) in [5.74, 6) is 1.74. The van der Waals surface area contributed by atoms with Gasteiger partial charge in [-0.25, -0.2) is 0 Å². The lowest BCUT2D eigenvalue weighted by atomic mass is 10.0. The van der Waals surface area contributed by atoms with Crippen molar-refractivity contribution in [2.75, 3.05) is 13.1 Å². The normalized spacial score (nSPS) is 13.6. The monoisotopic (exact) mass is 441 g/mol. The van der Waals surface area contributed by atoms with Crippen molar-refractivity contribution in [2.45, 2.75) is 23.5 Å². The number of hydrogen-bond donors (Lipinski definition) is 1. The largest absolute Gasteiger partial charge is 0.338 e. The molecule has 4 nitrogen and oxygen atoms in total. The van der Waals surface area contributed by atoms with E-state index in [1.54, 1.807) is 11.8 Å². The van der Waals surface area contributed by atoms with Crippen LogP contribution in [0.15, 0.2) is 45.8 Å². The zero-order valence-electron chi connectivity index (χ0n) is 14.4. The lowest BCUT2D eigenvalue weighted by molar-refractivity contribution is 0.391. The second kappa shape index (κ2) is 9.30. The van der Waals surface area contributed by atoms with Gasteiger partial charge in [-0.05, 0) is 67.4 Å². The van der Waals surface area contributed by atoms with Crippen LogP contribution in [0.1, 0.15) is 17.0 Å². The molecule has 1 N–H and O–H groups in total. The van der Waals surface area contributed by atoms with Crippen molar-refractivity contribution in [3.8, 4) is 11.4 Å². The summed E-state index contributed by atoms with van der Waals surface area (Å²) in [6.07, 6.45) is 2.01. The first-order valence-electron chi connectivity index (χ1n) is 8.43. The Balaban J connectivity index is 0.00000210. The molecule has 0 amide bonds. The van der Waals surface area contributed by atoms with Gasteiger partial charge in [-0.3, -0.25) is 0 Å². The molecule has 4 rings (SSSR count). The molecule has 27 heavy (non-hydrogen) atoms. The Kier molecular flexibility index (Phi) is 7.06. The Labute approximate surface area is 178 Å². The van der Waals surface area contributed by atoms with E-state index < -0.39 is 0 Å². The number of rotatable bonds is 4. The molecule has 0 unspecified atom stereocenters. The van der Waals surface area contributed by atoms with E-state index in [4.69, 9.17) is 27.7 Å². The van der Waals surface area contributed by atoms with Crippen LogP contribution in [0.2, 0.25) is 10.0 Å². The summed E-state index contributed by atoms with van der Waals surface area (Å²) < 4.78 is 5.41. The van der Waals surface area contributed by atoms with Gasteiger partial charge >= 0.3 is 0 Å². The molecule has 0 spiro atoms. The minimum Gasteiger partial charge on any atom is -0.338 e. The third-order valence-electron chi connectivity index (χ3n) is 4.34. The molecule has 0 aliphatic carbocycles. The average Bonchev–Trinajstić information content (AvgIpc) is 2.99. The highest BCUT2D eigenvalue weighted by Gasteiger charge is 2.17. The molecule has 2 aromatic carbocycles. The van der Waals surface area contributed by atoms with Crippen molar-refractivity contribution in [3.63, 3.8) is 0 Å². The van der Waals surface area contributed by atoms with Gasteiger partial charge in [0, 0.05) is 15.5 Å². The topological polar surface area (TPSA) is 51.0 Å². The Morgan fingerprint density at radius 2 is 1.81 bits per heavy atom. The number of fused-ring (bicyclic) bond motifs is 1.